The van der Waals surface area contributed by atoms with Gasteiger partial charge in [-0.25, -0.2) is 9.79 Å². The van der Waals surface area contributed by atoms with Crippen LogP contribution in [0.15, 0.2) is 4.99 Å². The molecular formula is C20H42IN5O4. The molecule has 10 heteroatoms. The highest BCUT2D eigenvalue weighted by Crippen LogP contribution is 2.11. The fourth-order valence-electron chi connectivity index (χ4n) is 2.43. The average Bonchev–Trinajstić information content (AvgIpc) is 2.60. The van der Waals surface area contributed by atoms with Crippen LogP contribution in [0.2, 0.25) is 0 Å². The van der Waals surface area contributed by atoms with Crippen molar-refractivity contribution in [3.05, 3.63) is 0 Å². The summed E-state index contributed by atoms with van der Waals surface area (Å²) in [4.78, 5) is 30.3. The largest absolute Gasteiger partial charge is 0.444 e. The lowest BCUT2D eigenvalue weighted by Crippen LogP contribution is -2.45. The van der Waals surface area contributed by atoms with Crippen LogP contribution in [0, 0.1) is 5.92 Å². The molecule has 0 radical (unpaired) electrons. The molecule has 9 nitrogen and oxygen atoms in total. The first-order chi connectivity index (χ1) is 13.5. The fourth-order valence-corrected chi connectivity index (χ4v) is 2.43. The predicted molar refractivity (Wildman–Crippen MR) is 132 cm³/mol. The molecule has 0 aliphatic rings. The molecule has 3 N–H and O–H groups in total. The maximum absolute atomic E-state index is 12.1. The number of ether oxygens (including phenoxy) is 2. The Kier molecular flexibility index (Phi) is 16.9. The Hall–Kier alpha value is -1.30. The van der Waals surface area contributed by atoms with Gasteiger partial charge in [0.2, 0.25) is 5.91 Å². The van der Waals surface area contributed by atoms with Gasteiger partial charge in [-0.2, -0.15) is 0 Å². The minimum atomic E-state index is -0.531. The Morgan fingerprint density at radius 1 is 1.17 bits per heavy atom. The molecule has 0 saturated heterocycles. The molecule has 0 rings (SSSR count). The molecule has 0 aliphatic carbocycles. The summed E-state index contributed by atoms with van der Waals surface area (Å²) in [7, 11) is 3.50. The molecule has 0 spiro atoms. The number of nitrogens with zero attached hydrogens (tertiary/aromatic N) is 2. The van der Waals surface area contributed by atoms with Crippen LogP contribution in [0.25, 0.3) is 0 Å². The highest BCUT2D eigenvalue weighted by Gasteiger charge is 2.22. The van der Waals surface area contributed by atoms with Gasteiger partial charge in [0.25, 0.3) is 0 Å². The predicted octanol–water partition coefficient (Wildman–Crippen LogP) is 2.20. The molecule has 1 atom stereocenters. The summed E-state index contributed by atoms with van der Waals surface area (Å²) in [6, 6.07) is -0.0347. The molecule has 0 heterocycles. The van der Waals surface area contributed by atoms with Gasteiger partial charge in [-0.3, -0.25) is 4.79 Å². The summed E-state index contributed by atoms with van der Waals surface area (Å²) >= 11 is 0. The number of carbonyl (C=O) groups excluding carboxylic acids is 2. The third kappa shape index (κ3) is 15.5. The average molecular weight is 543 g/mol. The molecule has 0 aliphatic heterocycles. The normalized spacial score (nSPS) is 12.6. The van der Waals surface area contributed by atoms with Crippen LogP contribution < -0.4 is 16.0 Å². The zero-order valence-corrected chi connectivity index (χ0v) is 22.2. The second-order valence-corrected chi connectivity index (χ2v) is 8.22. The minimum Gasteiger partial charge on any atom is -0.444 e. The summed E-state index contributed by atoms with van der Waals surface area (Å²) in [5.74, 6) is 0.744. The molecule has 0 aromatic rings. The van der Waals surface area contributed by atoms with Crippen LogP contribution >= 0.6 is 24.0 Å². The first-order valence-electron chi connectivity index (χ1n) is 10.2. The van der Waals surface area contributed by atoms with Gasteiger partial charge in [-0.05, 0) is 40.0 Å². The SMILES string of the molecule is CCNC(=NCC(=O)NCCOC)N(C)CCC(NC(=O)OC(C)(C)C)C(C)C.I. The van der Waals surface area contributed by atoms with Gasteiger partial charge in [-0.1, -0.05) is 13.8 Å². The van der Waals surface area contributed by atoms with Crippen molar-refractivity contribution in [3.8, 4) is 0 Å². The zero-order chi connectivity index (χ0) is 22.4. The number of methoxy groups -OCH3 is 1. The molecule has 0 bridgehead atoms. The number of amides is 2. The van der Waals surface area contributed by atoms with Crippen LogP contribution in [-0.4, -0.2) is 81.4 Å². The molecule has 0 aromatic heterocycles. The number of nitrogens with one attached hydrogen (secondary N) is 3. The van der Waals surface area contributed by atoms with E-state index >= 15 is 0 Å². The summed E-state index contributed by atoms with van der Waals surface area (Å²) in [5, 5.41) is 8.89. The first kappa shape index (κ1) is 30.9. The van der Waals surface area contributed by atoms with Crippen molar-refractivity contribution in [2.75, 3.05) is 46.9 Å². The van der Waals surface area contributed by atoms with Gasteiger partial charge < -0.3 is 30.3 Å². The molecule has 0 aromatic carbocycles. The summed E-state index contributed by atoms with van der Waals surface area (Å²) in [5.41, 5.74) is -0.531. The third-order valence-corrected chi connectivity index (χ3v) is 3.98. The van der Waals surface area contributed by atoms with E-state index < -0.39 is 11.7 Å². The number of rotatable bonds is 11. The maximum atomic E-state index is 12.1. The number of carbonyl (C=O) groups is 2. The lowest BCUT2D eigenvalue weighted by Gasteiger charge is -2.28. The second-order valence-electron chi connectivity index (χ2n) is 8.22. The van der Waals surface area contributed by atoms with Gasteiger partial charge in [0.05, 0.1) is 6.61 Å². The van der Waals surface area contributed by atoms with Crippen LogP contribution in [-0.2, 0) is 14.3 Å². The molecule has 1 unspecified atom stereocenters. The fraction of sp³-hybridized carbons (Fsp3) is 0.850. The Labute approximate surface area is 199 Å². The van der Waals surface area contributed by atoms with Crippen molar-refractivity contribution in [2.45, 2.75) is 59.6 Å². The highest BCUT2D eigenvalue weighted by molar-refractivity contribution is 14.0. The van der Waals surface area contributed by atoms with Crippen molar-refractivity contribution in [1.29, 1.82) is 0 Å². The van der Waals surface area contributed by atoms with Gasteiger partial charge in [0, 0.05) is 39.8 Å². The third-order valence-electron chi connectivity index (χ3n) is 3.98. The van der Waals surface area contributed by atoms with E-state index in [1.165, 1.54) is 0 Å². The summed E-state index contributed by atoms with van der Waals surface area (Å²) in [6.07, 6.45) is 0.310. The van der Waals surface area contributed by atoms with E-state index in [4.69, 9.17) is 9.47 Å². The Morgan fingerprint density at radius 2 is 1.80 bits per heavy atom. The zero-order valence-electron chi connectivity index (χ0n) is 19.8. The van der Waals surface area contributed by atoms with Crippen LogP contribution in [0.3, 0.4) is 0 Å². The summed E-state index contributed by atoms with van der Waals surface area (Å²) in [6.45, 7) is 14.0. The molecule has 0 saturated carbocycles. The van der Waals surface area contributed by atoms with Gasteiger partial charge in [-0.15, -0.1) is 24.0 Å². The van der Waals surface area contributed by atoms with Crippen molar-refractivity contribution in [1.82, 2.24) is 20.9 Å². The quantitative estimate of drug-likeness (QED) is 0.160. The first-order valence-corrected chi connectivity index (χ1v) is 10.2. The van der Waals surface area contributed by atoms with E-state index in [2.05, 4.69) is 34.8 Å². The van der Waals surface area contributed by atoms with Crippen LogP contribution in [0.4, 0.5) is 4.79 Å². The van der Waals surface area contributed by atoms with Crippen LogP contribution in [0.1, 0.15) is 48.0 Å². The standard InChI is InChI=1S/C20H41N5O4.HI/c1-9-21-18(23-14-17(26)22-11-13-28-8)25(7)12-10-16(15(2)3)24-19(27)29-20(4,5)6;/h15-16H,9-14H2,1-8H3,(H,21,23)(H,22,26)(H,24,27);1H. The van der Waals surface area contributed by atoms with Gasteiger partial charge in [0.15, 0.2) is 5.96 Å². The van der Waals surface area contributed by atoms with E-state index in [0.29, 0.717) is 32.2 Å². The number of alkyl carbamates (subject to hydrolysis) is 1. The van der Waals surface area contributed by atoms with E-state index in [9.17, 15) is 9.59 Å². The topological polar surface area (TPSA) is 104 Å². The minimum absolute atomic E-state index is 0. The lowest BCUT2D eigenvalue weighted by atomic mass is 10.0. The summed E-state index contributed by atoms with van der Waals surface area (Å²) < 4.78 is 10.3. The Bertz CT molecular complexity index is 524. The molecule has 2 amide bonds. The number of hydrogen-bond donors (Lipinski definition) is 3. The van der Waals surface area contributed by atoms with E-state index in [1.54, 1.807) is 7.11 Å². The van der Waals surface area contributed by atoms with E-state index in [-0.39, 0.29) is 48.4 Å². The van der Waals surface area contributed by atoms with Crippen molar-refractivity contribution >= 4 is 41.9 Å². The van der Waals surface area contributed by atoms with Crippen molar-refractivity contribution < 1.29 is 19.1 Å². The number of halogens is 1. The van der Waals surface area contributed by atoms with Gasteiger partial charge >= 0.3 is 6.09 Å². The van der Waals surface area contributed by atoms with Crippen LogP contribution in [0.5, 0.6) is 0 Å². The second kappa shape index (κ2) is 16.4. The van der Waals surface area contributed by atoms with Gasteiger partial charge in [0.1, 0.15) is 12.1 Å². The van der Waals surface area contributed by atoms with E-state index in [0.717, 1.165) is 6.42 Å². The monoisotopic (exact) mass is 543 g/mol. The number of guanidine groups is 1. The molecule has 30 heavy (non-hydrogen) atoms. The highest BCUT2D eigenvalue weighted by atomic mass is 127. The molecule has 0 fully saturated rings. The number of aliphatic imine (C=N–C) groups is 1. The van der Waals surface area contributed by atoms with Crippen molar-refractivity contribution in [3.63, 3.8) is 0 Å². The maximum Gasteiger partial charge on any atom is 0.407 e. The number of hydrogen-bond acceptors (Lipinski definition) is 5. The van der Waals surface area contributed by atoms with Crippen molar-refractivity contribution in [2.24, 2.45) is 10.9 Å². The lowest BCUT2D eigenvalue weighted by molar-refractivity contribution is -0.119. The Balaban J connectivity index is 0. The Morgan fingerprint density at radius 3 is 2.30 bits per heavy atom. The molecular weight excluding hydrogens is 501 g/mol. The molecule has 178 valence electrons. The van der Waals surface area contributed by atoms with E-state index in [1.807, 2.05) is 39.6 Å². The smallest absolute Gasteiger partial charge is 0.407 e.